The van der Waals surface area contributed by atoms with Crippen LogP contribution in [0, 0.1) is 25.3 Å². The second kappa shape index (κ2) is 6.69. The second-order valence-electron chi connectivity index (χ2n) is 6.93. The van der Waals surface area contributed by atoms with Gasteiger partial charge in [0.1, 0.15) is 11.6 Å². The molecule has 3 N–H and O–H groups in total. The lowest BCUT2D eigenvalue weighted by Crippen LogP contribution is -2.16. The summed E-state index contributed by atoms with van der Waals surface area (Å²) in [6.45, 7) is 9.35. The molecular formula is C21H19N5O. The van der Waals surface area contributed by atoms with Gasteiger partial charge in [-0.15, -0.1) is 0 Å². The van der Waals surface area contributed by atoms with Crippen LogP contribution >= 0.6 is 0 Å². The van der Waals surface area contributed by atoms with Crippen molar-refractivity contribution in [1.82, 2.24) is 9.97 Å². The fourth-order valence-electron chi connectivity index (χ4n) is 3.35. The average Bonchev–Trinajstić information content (AvgIpc) is 3.41. The number of carbonyl (C=O) groups is 1. The van der Waals surface area contributed by atoms with Crippen LogP contribution in [0.1, 0.15) is 12.0 Å². The lowest BCUT2D eigenvalue weighted by molar-refractivity contribution is -0.117. The highest BCUT2D eigenvalue weighted by Gasteiger charge is 2.45. The van der Waals surface area contributed by atoms with Crippen molar-refractivity contribution in [3.8, 4) is 11.3 Å². The number of anilines is 2. The van der Waals surface area contributed by atoms with Crippen molar-refractivity contribution in [2.24, 2.45) is 11.8 Å². The zero-order valence-corrected chi connectivity index (χ0v) is 14.9. The van der Waals surface area contributed by atoms with Crippen LogP contribution in [0.4, 0.5) is 11.6 Å². The van der Waals surface area contributed by atoms with Crippen LogP contribution in [0.3, 0.4) is 0 Å². The lowest BCUT2D eigenvalue weighted by Gasteiger charge is -2.10. The van der Waals surface area contributed by atoms with Gasteiger partial charge in [0.15, 0.2) is 0 Å². The Morgan fingerprint density at radius 2 is 2.19 bits per heavy atom. The summed E-state index contributed by atoms with van der Waals surface area (Å²) in [5, 5.41) is 4.49. The van der Waals surface area contributed by atoms with Crippen LogP contribution in [0.5, 0.6) is 0 Å². The number of rotatable bonds is 4. The molecule has 6 heteroatoms. The van der Waals surface area contributed by atoms with Crippen LogP contribution in [-0.2, 0) is 4.79 Å². The van der Waals surface area contributed by atoms with E-state index in [0.29, 0.717) is 18.2 Å². The fraction of sp³-hybridized carbons (Fsp3) is 0.238. The van der Waals surface area contributed by atoms with Gasteiger partial charge in [-0.05, 0) is 36.4 Å². The number of hydrogen-bond acceptors (Lipinski definition) is 4. The number of hydrogen-bond donors (Lipinski definition) is 2. The summed E-state index contributed by atoms with van der Waals surface area (Å²) in [7, 11) is 0. The number of nitrogens with two attached hydrogens (primary N) is 1. The largest absolute Gasteiger partial charge is 0.383 e. The summed E-state index contributed by atoms with van der Waals surface area (Å²) >= 11 is 0. The molecule has 1 aliphatic rings. The van der Waals surface area contributed by atoms with Gasteiger partial charge in [0.25, 0.3) is 0 Å². The SMILES string of the molecule is [C-]#[N+]C[C@@H]1CC1C(=O)Nc1cc2cc(-c3ccccc3C)nc(N)c2cn1. The Morgan fingerprint density at radius 3 is 2.96 bits per heavy atom. The number of aromatic nitrogens is 2. The Morgan fingerprint density at radius 1 is 1.37 bits per heavy atom. The first-order chi connectivity index (χ1) is 13.1. The zero-order chi connectivity index (χ0) is 19.0. The average molecular weight is 357 g/mol. The molecule has 0 saturated heterocycles. The fourth-order valence-corrected chi connectivity index (χ4v) is 3.35. The molecule has 1 aliphatic carbocycles. The van der Waals surface area contributed by atoms with Crippen LogP contribution in [0.15, 0.2) is 42.6 Å². The van der Waals surface area contributed by atoms with E-state index in [4.69, 9.17) is 12.3 Å². The third kappa shape index (κ3) is 3.32. The van der Waals surface area contributed by atoms with Crippen molar-refractivity contribution in [3.05, 3.63) is 59.6 Å². The highest BCUT2D eigenvalue weighted by molar-refractivity contribution is 5.98. The third-order valence-corrected chi connectivity index (χ3v) is 5.00. The first-order valence-corrected chi connectivity index (χ1v) is 8.83. The van der Waals surface area contributed by atoms with E-state index in [1.54, 1.807) is 6.20 Å². The Hall–Kier alpha value is -3.46. The van der Waals surface area contributed by atoms with Crippen molar-refractivity contribution in [1.29, 1.82) is 0 Å². The molecule has 27 heavy (non-hydrogen) atoms. The topological polar surface area (TPSA) is 85.3 Å². The van der Waals surface area contributed by atoms with E-state index < -0.39 is 0 Å². The van der Waals surface area contributed by atoms with Gasteiger partial charge in [-0.25, -0.2) is 16.5 Å². The van der Waals surface area contributed by atoms with Crippen molar-refractivity contribution >= 4 is 28.3 Å². The predicted molar refractivity (Wildman–Crippen MR) is 106 cm³/mol. The maximum Gasteiger partial charge on any atom is 0.229 e. The molecule has 2 heterocycles. The van der Waals surface area contributed by atoms with Gasteiger partial charge in [0.05, 0.1) is 5.69 Å². The Labute approximate surface area is 157 Å². The van der Waals surface area contributed by atoms with E-state index in [2.05, 4.69) is 20.1 Å². The summed E-state index contributed by atoms with van der Waals surface area (Å²) in [5.41, 5.74) is 9.07. The summed E-state index contributed by atoms with van der Waals surface area (Å²) < 4.78 is 0. The van der Waals surface area contributed by atoms with Gasteiger partial charge in [0, 0.05) is 29.0 Å². The van der Waals surface area contributed by atoms with Gasteiger partial charge in [0.2, 0.25) is 12.5 Å². The molecule has 1 aromatic carbocycles. The number of nitrogen functional groups attached to an aromatic ring is 1. The standard InChI is InChI=1S/C21H19N5O/c1-12-5-3-4-6-15(12)18-8-13-9-19(24-11-17(13)20(22)25-18)26-21(27)16-7-14(16)10-23-2/h3-6,8-9,11,14,16H,7,10H2,1H3,(H2,22,25)(H,24,26,27)/t14-,16?/m0/s1. The second-order valence-corrected chi connectivity index (χ2v) is 6.93. The zero-order valence-electron chi connectivity index (χ0n) is 14.9. The molecule has 2 aromatic heterocycles. The maximum absolute atomic E-state index is 12.3. The molecule has 6 nitrogen and oxygen atoms in total. The van der Waals surface area contributed by atoms with E-state index >= 15 is 0 Å². The highest BCUT2D eigenvalue weighted by Crippen LogP contribution is 2.39. The summed E-state index contributed by atoms with van der Waals surface area (Å²) in [4.78, 5) is 24.5. The summed E-state index contributed by atoms with van der Waals surface area (Å²) in [6, 6.07) is 11.8. The van der Waals surface area contributed by atoms with E-state index in [-0.39, 0.29) is 17.7 Å². The number of nitrogens with zero attached hydrogens (tertiary/aromatic N) is 3. The lowest BCUT2D eigenvalue weighted by atomic mass is 10.0. The number of amides is 1. The maximum atomic E-state index is 12.3. The molecule has 4 rings (SSSR count). The molecule has 1 saturated carbocycles. The first kappa shape index (κ1) is 17.0. The smallest absolute Gasteiger partial charge is 0.229 e. The molecule has 134 valence electrons. The Bertz CT molecular complexity index is 1090. The van der Waals surface area contributed by atoms with Crippen LogP contribution in [0.2, 0.25) is 0 Å². The molecule has 0 aliphatic heterocycles. The monoisotopic (exact) mass is 357 g/mol. The summed E-state index contributed by atoms with van der Waals surface area (Å²) in [6.07, 6.45) is 2.41. The third-order valence-electron chi connectivity index (χ3n) is 5.00. The van der Waals surface area contributed by atoms with Gasteiger partial charge in [-0.3, -0.25) is 4.79 Å². The number of aryl methyl sites for hydroxylation is 1. The quantitative estimate of drug-likeness (QED) is 0.698. The molecule has 1 unspecified atom stereocenters. The number of benzene rings is 1. The molecule has 1 fully saturated rings. The molecule has 0 bridgehead atoms. The number of carbonyl (C=O) groups excluding carboxylic acids is 1. The molecule has 0 spiro atoms. The number of nitrogens with one attached hydrogen (secondary N) is 1. The minimum Gasteiger partial charge on any atom is -0.383 e. The van der Waals surface area contributed by atoms with Crippen LogP contribution in [-0.4, -0.2) is 22.4 Å². The van der Waals surface area contributed by atoms with Crippen LogP contribution in [0.25, 0.3) is 26.9 Å². The minimum atomic E-state index is -0.0818. The van der Waals surface area contributed by atoms with E-state index in [1.165, 1.54) is 0 Å². The Balaban J connectivity index is 1.64. The van der Waals surface area contributed by atoms with Crippen molar-refractivity contribution in [2.75, 3.05) is 17.6 Å². The van der Waals surface area contributed by atoms with Gasteiger partial charge < -0.3 is 15.9 Å². The predicted octanol–water partition coefficient (Wildman–Crippen LogP) is 3.68. The van der Waals surface area contributed by atoms with Crippen LogP contribution < -0.4 is 11.1 Å². The van der Waals surface area contributed by atoms with Crippen molar-refractivity contribution < 1.29 is 4.79 Å². The normalized spacial score (nSPS) is 18.1. The molecule has 1 amide bonds. The molecule has 0 radical (unpaired) electrons. The van der Waals surface area contributed by atoms with E-state index in [1.807, 2.05) is 43.3 Å². The van der Waals surface area contributed by atoms with Gasteiger partial charge >= 0.3 is 0 Å². The van der Waals surface area contributed by atoms with Crippen molar-refractivity contribution in [3.63, 3.8) is 0 Å². The number of fused-ring (bicyclic) bond motifs is 1. The minimum absolute atomic E-state index is 0.0725. The van der Waals surface area contributed by atoms with Crippen molar-refractivity contribution in [2.45, 2.75) is 13.3 Å². The molecular weight excluding hydrogens is 338 g/mol. The van der Waals surface area contributed by atoms with Gasteiger partial charge in [-0.1, -0.05) is 24.3 Å². The molecule has 3 aromatic rings. The van der Waals surface area contributed by atoms with E-state index in [0.717, 1.165) is 34.0 Å². The first-order valence-electron chi connectivity index (χ1n) is 8.83. The van der Waals surface area contributed by atoms with Gasteiger partial charge in [-0.2, -0.15) is 0 Å². The van der Waals surface area contributed by atoms with E-state index in [9.17, 15) is 4.79 Å². The Kier molecular flexibility index (Phi) is 4.21. The highest BCUT2D eigenvalue weighted by atomic mass is 16.2. The number of pyridine rings is 2. The summed E-state index contributed by atoms with van der Waals surface area (Å²) in [5.74, 6) is 0.923. The molecule has 2 atom stereocenters.